The van der Waals surface area contributed by atoms with Gasteiger partial charge in [-0.1, -0.05) is 12.1 Å². The molecule has 0 unspecified atom stereocenters. The monoisotopic (exact) mass is 361 g/mol. The van der Waals surface area contributed by atoms with Gasteiger partial charge >= 0.3 is 0 Å². The highest BCUT2D eigenvalue weighted by Crippen LogP contribution is 2.18. The fourth-order valence-electron chi connectivity index (χ4n) is 3.37. The molecule has 0 N–H and O–H groups in total. The minimum atomic E-state index is 0.0367. The molecular weight excluding hydrogens is 338 g/mol. The number of rotatable bonds is 3. The summed E-state index contributed by atoms with van der Waals surface area (Å²) in [5.41, 5.74) is 4.03. The summed E-state index contributed by atoms with van der Waals surface area (Å²) in [6.45, 7) is 7.15. The summed E-state index contributed by atoms with van der Waals surface area (Å²) in [7, 11) is 0. The summed E-state index contributed by atoms with van der Waals surface area (Å²) in [5, 5.41) is 4.34. The highest BCUT2D eigenvalue weighted by Gasteiger charge is 2.22. The molecule has 1 saturated heterocycles. The van der Waals surface area contributed by atoms with Gasteiger partial charge in [0, 0.05) is 44.3 Å². The molecule has 3 aromatic rings. The number of anilines is 1. The number of benzene rings is 1. The number of aromatic nitrogens is 3. The van der Waals surface area contributed by atoms with Crippen LogP contribution in [0.3, 0.4) is 0 Å². The van der Waals surface area contributed by atoms with E-state index in [1.807, 2.05) is 36.2 Å². The Balaban J connectivity index is 1.40. The van der Waals surface area contributed by atoms with E-state index >= 15 is 0 Å². The molecule has 0 bridgehead atoms. The number of amides is 1. The lowest BCUT2D eigenvalue weighted by Gasteiger charge is -2.36. The van der Waals surface area contributed by atoms with E-state index in [-0.39, 0.29) is 5.91 Å². The van der Waals surface area contributed by atoms with Crippen molar-refractivity contribution in [1.29, 1.82) is 0 Å². The van der Waals surface area contributed by atoms with Gasteiger partial charge in [-0.3, -0.25) is 4.79 Å². The highest BCUT2D eigenvalue weighted by atomic mass is 16.2. The Labute approximate surface area is 159 Å². The lowest BCUT2D eigenvalue weighted by molar-refractivity contribution is 0.0746. The normalized spacial score (nSPS) is 14.4. The van der Waals surface area contributed by atoms with Gasteiger partial charge in [-0.05, 0) is 49.7 Å². The minimum Gasteiger partial charge on any atom is -0.368 e. The summed E-state index contributed by atoms with van der Waals surface area (Å²) < 4.78 is 1.71. The Morgan fingerprint density at radius 3 is 2.44 bits per heavy atom. The molecule has 138 valence electrons. The molecule has 2 aromatic heterocycles. The van der Waals surface area contributed by atoms with E-state index in [0.29, 0.717) is 24.5 Å². The number of pyridine rings is 1. The molecule has 0 atom stereocenters. The molecule has 1 aromatic carbocycles. The molecule has 27 heavy (non-hydrogen) atoms. The second-order valence-corrected chi connectivity index (χ2v) is 6.93. The first kappa shape index (κ1) is 17.3. The van der Waals surface area contributed by atoms with Crippen molar-refractivity contribution in [1.82, 2.24) is 19.7 Å². The number of aryl methyl sites for hydroxylation is 2. The number of piperazine rings is 1. The quantitative estimate of drug-likeness (QED) is 0.720. The Kier molecular flexibility index (Phi) is 4.62. The van der Waals surface area contributed by atoms with Crippen LogP contribution in [0.15, 0.2) is 54.9 Å². The van der Waals surface area contributed by atoms with Crippen LogP contribution in [0.25, 0.3) is 5.82 Å². The van der Waals surface area contributed by atoms with Crippen LogP contribution in [0.2, 0.25) is 0 Å². The maximum absolute atomic E-state index is 12.8. The van der Waals surface area contributed by atoms with Gasteiger partial charge in [-0.15, -0.1) is 0 Å². The third kappa shape index (κ3) is 3.69. The van der Waals surface area contributed by atoms with Gasteiger partial charge < -0.3 is 9.80 Å². The average Bonchev–Trinajstić information content (AvgIpc) is 3.14. The Hall–Kier alpha value is -3.15. The Morgan fingerprint density at radius 2 is 1.81 bits per heavy atom. The van der Waals surface area contributed by atoms with Crippen LogP contribution in [0.4, 0.5) is 5.69 Å². The second-order valence-electron chi connectivity index (χ2n) is 6.93. The highest BCUT2D eigenvalue weighted by molar-refractivity contribution is 5.94. The molecule has 1 aliphatic rings. The van der Waals surface area contributed by atoms with Crippen LogP contribution >= 0.6 is 0 Å². The zero-order valence-corrected chi connectivity index (χ0v) is 15.7. The van der Waals surface area contributed by atoms with E-state index in [1.165, 1.54) is 11.3 Å². The molecule has 1 aliphatic heterocycles. The number of carbonyl (C=O) groups excluding carboxylic acids is 1. The molecule has 0 saturated carbocycles. The van der Waals surface area contributed by atoms with Crippen LogP contribution in [0.1, 0.15) is 21.6 Å². The van der Waals surface area contributed by atoms with Gasteiger partial charge in [0.05, 0.1) is 11.3 Å². The topological polar surface area (TPSA) is 54.3 Å². The molecular formula is C21H23N5O. The van der Waals surface area contributed by atoms with Crippen molar-refractivity contribution in [2.45, 2.75) is 13.8 Å². The van der Waals surface area contributed by atoms with Crippen LogP contribution in [0, 0.1) is 13.8 Å². The maximum Gasteiger partial charge on any atom is 0.255 e. The summed E-state index contributed by atoms with van der Waals surface area (Å²) in [6, 6.07) is 14.1. The van der Waals surface area contributed by atoms with Crippen LogP contribution in [-0.2, 0) is 0 Å². The SMILES string of the molecule is Cc1cccc(N2CCN(C(=O)c3ccc(-n4ccc(C)n4)nc3)CC2)c1. The molecule has 3 heterocycles. The van der Waals surface area contributed by atoms with Crippen LogP contribution in [-0.4, -0.2) is 51.8 Å². The smallest absolute Gasteiger partial charge is 0.255 e. The standard InChI is InChI=1S/C21H23N5O/c1-16-4-3-5-19(14-16)24-10-12-25(13-11-24)21(27)18-6-7-20(22-15-18)26-9-8-17(2)23-26/h3-9,14-15H,10-13H2,1-2H3. The van der Waals surface area contributed by atoms with Crippen molar-refractivity contribution in [2.75, 3.05) is 31.1 Å². The van der Waals surface area contributed by atoms with E-state index in [9.17, 15) is 4.79 Å². The molecule has 1 fully saturated rings. The lowest BCUT2D eigenvalue weighted by atomic mass is 10.1. The van der Waals surface area contributed by atoms with E-state index < -0.39 is 0 Å². The molecule has 4 rings (SSSR count). The first-order valence-electron chi connectivity index (χ1n) is 9.20. The lowest BCUT2D eigenvalue weighted by Crippen LogP contribution is -2.48. The largest absolute Gasteiger partial charge is 0.368 e. The fourth-order valence-corrected chi connectivity index (χ4v) is 3.37. The van der Waals surface area contributed by atoms with Gasteiger partial charge in [0.2, 0.25) is 0 Å². The Morgan fingerprint density at radius 1 is 1.00 bits per heavy atom. The molecule has 0 spiro atoms. The zero-order chi connectivity index (χ0) is 18.8. The Bertz CT molecular complexity index is 939. The summed E-state index contributed by atoms with van der Waals surface area (Å²) in [5.74, 6) is 0.749. The number of nitrogens with zero attached hydrogens (tertiary/aromatic N) is 5. The summed E-state index contributed by atoms with van der Waals surface area (Å²) >= 11 is 0. The van der Waals surface area contributed by atoms with Crippen molar-refractivity contribution < 1.29 is 4.79 Å². The van der Waals surface area contributed by atoms with Crippen LogP contribution in [0.5, 0.6) is 0 Å². The predicted octanol–water partition coefficient (Wildman–Crippen LogP) is 2.85. The first-order valence-corrected chi connectivity index (χ1v) is 9.20. The number of hydrogen-bond acceptors (Lipinski definition) is 4. The maximum atomic E-state index is 12.8. The molecule has 0 aliphatic carbocycles. The molecule has 6 heteroatoms. The first-order chi connectivity index (χ1) is 13.1. The second kappa shape index (κ2) is 7.23. The van der Waals surface area contributed by atoms with Gasteiger partial charge in [-0.2, -0.15) is 5.10 Å². The third-order valence-corrected chi connectivity index (χ3v) is 4.89. The van der Waals surface area contributed by atoms with Crippen molar-refractivity contribution >= 4 is 11.6 Å². The van der Waals surface area contributed by atoms with Gasteiger partial charge in [-0.25, -0.2) is 9.67 Å². The van der Waals surface area contributed by atoms with Crippen LogP contribution < -0.4 is 4.90 Å². The molecule has 1 amide bonds. The van der Waals surface area contributed by atoms with E-state index in [2.05, 4.69) is 46.2 Å². The van der Waals surface area contributed by atoms with Gasteiger partial charge in [0.15, 0.2) is 5.82 Å². The van der Waals surface area contributed by atoms with Crippen molar-refractivity contribution in [2.24, 2.45) is 0 Å². The molecule has 0 radical (unpaired) electrons. The summed E-state index contributed by atoms with van der Waals surface area (Å²) in [6.07, 6.45) is 3.51. The average molecular weight is 361 g/mol. The summed E-state index contributed by atoms with van der Waals surface area (Å²) in [4.78, 5) is 21.4. The van der Waals surface area contributed by atoms with E-state index in [4.69, 9.17) is 0 Å². The number of hydrogen-bond donors (Lipinski definition) is 0. The van der Waals surface area contributed by atoms with Gasteiger partial charge in [0.25, 0.3) is 5.91 Å². The number of carbonyl (C=O) groups is 1. The van der Waals surface area contributed by atoms with E-state index in [1.54, 1.807) is 10.9 Å². The van der Waals surface area contributed by atoms with E-state index in [0.717, 1.165) is 18.8 Å². The fraction of sp³-hybridized carbons (Fsp3) is 0.286. The van der Waals surface area contributed by atoms with Crippen molar-refractivity contribution in [3.05, 3.63) is 71.7 Å². The minimum absolute atomic E-state index is 0.0367. The van der Waals surface area contributed by atoms with Crippen molar-refractivity contribution in [3.8, 4) is 5.82 Å². The van der Waals surface area contributed by atoms with Gasteiger partial charge in [0.1, 0.15) is 0 Å². The zero-order valence-electron chi connectivity index (χ0n) is 15.7. The third-order valence-electron chi connectivity index (χ3n) is 4.89. The molecule has 6 nitrogen and oxygen atoms in total. The van der Waals surface area contributed by atoms with Crippen molar-refractivity contribution in [3.63, 3.8) is 0 Å². The predicted molar refractivity (Wildman–Crippen MR) is 105 cm³/mol.